The van der Waals surface area contributed by atoms with Crippen LogP contribution in [0, 0.1) is 0 Å². The molecular formula is C18H20O6. The summed E-state index contributed by atoms with van der Waals surface area (Å²) in [4.78, 5) is 0. The van der Waals surface area contributed by atoms with Crippen LogP contribution in [-0.4, -0.2) is 33.2 Å². The van der Waals surface area contributed by atoms with Gasteiger partial charge < -0.3 is 28.1 Å². The van der Waals surface area contributed by atoms with E-state index in [1.54, 1.807) is 20.5 Å². The smallest absolute Gasteiger partial charge is 0.205 e. The Kier molecular flexibility index (Phi) is 3.57. The molecule has 2 aliphatic rings. The number of benzene rings is 1. The molecule has 1 fully saturated rings. The van der Waals surface area contributed by atoms with Crippen LogP contribution in [0.3, 0.4) is 0 Å². The quantitative estimate of drug-likeness (QED) is 0.831. The molecule has 0 radical (unpaired) electrons. The lowest BCUT2D eigenvalue weighted by molar-refractivity contribution is -0.0386. The van der Waals surface area contributed by atoms with Gasteiger partial charge >= 0.3 is 0 Å². The van der Waals surface area contributed by atoms with Crippen LogP contribution >= 0.6 is 0 Å². The van der Waals surface area contributed by atoms with Crippen molar-refractivity contribution in [2.45, 2.75) is 32.7 Å². The average Bonchev–Trinajstić information content (AvgIpc) is 3.28. The summed E-state index contributed by atoms with van der Waals surface area (Å²) < 4.78 is 34.4. The van der Waals surface area contributed by atoms with Gasteiger partial charge in [-0.1, -0.05) is 0 Å². The van der Waals surface area contributed by atoms with E-state index in [9.17, 15) is 0 Å². The van der Waals surface area contributed by atoms with Crippen molar-refractivity contribution in [2.24, 2.45) is 0 Å². The Morgan fingerprint density at radius 1 is 1.17 bits per heavy atom. The molecule has 2 aliphatic heterocycles. The molecule has 1 aromatic carbocycles. The SMILES string of the molecule is CCOc1c(C2=C3OC(C2)OC3C)c(OC)c2ccoc2c1OC. The highest BCUT2D eigenvalue weighted by Gasteiger charge is 2.42. The van der Waals surface area contributed by atoms with Gasteiger partial charge in [-0.05, 0) is 19.9 Å². The lowest BCUT2D eigenvalue weighted by Gasteiger charge is -2.21. The van der Waals surface area contributed by atoms with Crippen molar-refractivity contribution in [2.75, 3.05) is 20.8 Å². The van der Waals surface area contributed by atoms with Crippen LogP contribution in [0.2, 0.25) is 0 Å². The largest absolute Gasteiger partial charge is 0.495 e. The van der Waals surface area contributed by atoms with E-state index in [1.165, 1.54) is 0 Å². The minimum Gasteiger partial charge on any atom is -0.495 e. The molecule has 3 heterocycles. The van der Waals surface area contributed by atoms with Gasteiger partial charge in [0.25, 0.3) is 0 Å². The molecule has 2 atom stereocenters. The van der Waals surface area contributed by atoms with E-state index in [-0.39, 0.29) is 12.4 Å². The topological polar surface area (TPSA) is 59.3 Å². The molecule has 4 rings (SSSR count). The van der Waals surface area contributed by atoms with Gasteiger partial charge in [-0.25, -0.2) is 0 Å². The first-order chi connectivity index (χ1) is 11.7. The highest BCUT2D eigenvalue weighted by atomic mass is 16.7. The summed E-state index contributed by atoms with van der Waals surface area (Å²) in [6, 6.07) is 1.87. The van der Waals surface area contributed by atoms with Crippen LogP contribution in [0.5, 0.6) is 17.2 Å². The first kappa shape index (κ1) is 15.2. The Bertz CT molecular complexity index is 819. The molecule has 0 N–H and O–H groups in total. The first-order valence-electron chi connectivity index (χ1n) is 8.03. The zero-order valence-corrected chi connectivity index (χ0v) is 14.2. The lowest BCUT2D eigenvalue weighted by Crippen LogP contribution is -2.14. The van der Waals surface area contributed by atoms with E-state index < -0.39 is 0 Å². The second kappa shape index (κ2) is 5.63. The number of ether oxygens (including phenoxy) is 5. The maximum absolute atomic E-state index is 5.94. The van der Waals surface area contributed by atoms with Crippen LogP contribution in [0.1, 0.15) is 25.8 Å². The second-order valence-corrected chi connectivity index (χ2v) is 5.74. The van der Waals surface area contributed by atoms with Gasteiger partial charge in [0, 0.05) is 12.0 Å². The van der Waals surface area contributed by atoms with Crippen molar-refractivity contribution in [1.29, 1.82) is 0 Å². The predicted octanol–water partition coefficient (Wildman–Crippen LogP) is 3.72. The molecule has 1 saturated heterocycles. The number of methoxy groups -OCH3 is 2. The third kappa shape index (κ3) is 1.99. The van der Waals surface area contributed by atoms with Crippen LogP contribution in [0.4, 0.5) is 0 Å². The third-order valence-corrected chi connectivity index (χ3v) is 4.43. The fourth-order valence-corrected chi connectivity index (χ4v) is 3.53. The van der Waals surface area contributed by atoms with Crippen molar-refractivity contribution in [3.63, 3.8) is 0 Å². The summed E-state index contributed by atoms with van der Waals surface area (Å²) in [5.74, 6) is 2.72. The second-order valence-electron chi connectivity index (χ2n) is 5.74. The monoisotopic (exact) mass is 332 g/mol. The number of rotatable bonds is 5. The van der Waals surface area contributed by atoms with Crippen LogP contribution in [0.15, 0.2) is 22.5 Å². The maximum Gasteiger partial charge on any atom is 0.205 e. The lowest BCUT2D eigenvalue weighted by atomic mass is 9.95. The van der Waals surface area contributed by atoms with Gasteiger partial charge in [0.15, 0.2) is 11.3 Å². The Morgan fingerprint density at radius 2 is 1.96 bits per heavy atom. The molecule has 2 unspecified atom stereocenters. The predicted molar refractivity (Wildman–Crippen MR) is 87.4 cm³/mol. The van der Waals surface area contributed by atoms with Crippen molar-refractivity contribution < 1.29 is 28.1 Å². The maximum atomic E-state index is 5.94. The van der Waals surface area contributed by atoms with Crippen LogP contribution in [-0.2, 0) is 9.47 Å². The van der Waals surface area contributed by atoms with Crippen molar-refractivity contribution >= 4 is 16.5 Å². The summed E-state index contributed by atoms with van der Waals surface area (Å²) in [5.41, 5.74) is 2.51. The summed E-state index contributed by atoms with van der Waals surface area (Å²) in [5, 5.41) is 0.845. The molecular weight excluding hydrogens is 312 g/mol. The number of hydrogen-bond acceptors (Lipinski definition) is 6. The highest BCUT2D eigenvalue weighted by Crippen LogP contribution is 2.54. The Balaban J connectivity index is 2.06. The molecule has 0 amide bonds. The van der Waals surface area contributed by atoms with E-state index in [2.05, 4.69) is 0 Å². The van der Waals surface area contributed by atoms with Gasteiger partial charge in [-0.2, -0.15) is 0 Å². The van der Waals surface area contributed by atoms with E-state index in [4.69, 9.17) is 28.1 Å². The number of fused-ring (bicyclic) bond motifs is 3. The molecule has 6 heteroatoms. The van der Waals surface area contributed by atoms with E-state index >= 15 is 0 Å². The summed E-state index contributed by atoms with van der Waals surface area (Å²) in [6.07, 6.45) is 1.96. The summed E-state index contributed by atoms with van der Waals surface area (Å²) in [7, 11) is 3.25. The molecule has 0 spiro atoms. The van der Waals surface area contributed by atoms with Crippen molar-refractivity contribution in [3.05, 3.63) is 23.7 Å². The summed E-state index contributed by atoms with van der Waals surface area (Å²) in [6.45, 7) is 4.41. The van der Waals surface area contributed by atoms with Gasteiger partial charge in [0.1, 0.15) is 17.6 Å². The Morgan fingerprint density at radius 3 is 2.58 bits per heavy atom. The molecule has 2 aromatic rings. The minimum absolute atomic E-state index is 0.0797. The number of furan rings is 1. The normalized spacial score (nSPS) is 22.2. The van der Waals surface area contributed by atoms with Gasteiger partial charge in [0.05, 0.1) is 38.0 Å². The van der Waals surface area contributed by atoms with E-state index in [0.717, 1.165) is 22.3 Å². The van der Waals surface area contributed by atoms with E-state index in [0.29, 0.717) is 35.9 Å². The van der Waals surface area contributed by atoms with Crippen molar-refractivity contribution in [3.8, 4) is 17.2 Å². The molecule has 2 bridgehead atoms. The molecule has 0 saturated carbocycles. The average molecular weight is 332 g/mol. The third-order valence-electron chi connectivity index (χ3n) is 4.43. The van der Waals surface area contributed by atoms with E-state index in [1.807, 2.05) is 19.9 Å². The summed E-state index contributed by atoms with van der Waals surface area (Å²) >= 11 is 0. The highest BCUT2D eigenvalue weighted by molar-refractivity contribution is 5.99. The molecule has 0 aliphatic carbocycles. The Hall–Kier alpha value is -2.34. The fraction of sp³-hybridized carbons (Fsp3) is 0.444. The first-order valence-corrected chi connectivity index (χ1v) is 8.03. The van der Waals surface area contributed by atoms with Gasteiger partial charge in [0.2, 0.25) is 12.0 Å². The zero-order valence-electron chi connectivity index (χ0n) is 14.2. The standard InChI is InChI=1S/C18H20O6/c1-5-21-17-13(11-8-12-23-9(2)14(11)24-12)15(19-3)10-6-7-22-16(10)18(17)20-4/h6-7,9,12H,5,8H2,1-4H3. The van der Waals surface area contributed by atoms with Crippen LogP contribution in [0.25, 0.3) is 16.5 Å². The zero-order chi connectivity index (χ0) is 16.8. The number of hydrogen-bond donors (Lipinski definition) is 0. The van der Waals surface area contributed by atoms with Gasteiger partial charge in [-0.15, -0.1) is 0 Å². The fourth-order valence-electron chi connectivity index (χ4n) is 3.53. The molecule has 24 heavy (non-hydrogen) atoms. The Labute approximate surface area is 139 Å². The molecule has 1 aromatic heterocycles. The minimum atomic E-state index is -0.241. The van der Waals surface area contributed by atoms with Crippen LogP contribution < -0.4 is 14.2 Å². The molecule has 128 valence electrons. The van der Waals surface area contributed by atoms with Gasteiger partial charge in [-0.3, -0.25) is 0 Å². The molecule has 6 nitrogen and oxygen atoms in total. The van der Waals surface area contributed by atoms with Crippen molar-refractivity contribution in [1.82, 2.24) is 0 Å².